The number of methoxy groups -OCH3 is 1. The van der Waals surface area contributed by atoms with Gasteiger partial charge < -0.3 is 4.74 Å². The first kappa shape index (κ1) is 15.0. The Morgan fingerprint density at radius 1 is 1.30 bits per heavy atom. The number of sulfone groups is 1. The fourth-order valence-electron chi connectivity index (χ4n) is 2.71. The molecular formula is C14H17FO4S. The molecule has 0 radical (unpaired) electrons. The minimum Gasteiger partial charge on any atom is -0.465 e. The molecule has 0 N–H and O–H groups in total. The third-order valence-corrected chi connectivity index (χ3v) is 4.85. The molecule has 20 heavy (non-hydrogen) atoms. The minimum atomic E-state index is -3.53. The van der Waals surface area contributed by atoms with Gasteiger partial charge in [-0.3, -0.25) is 0 Å². The molecule has 0 heterocycles. The number of carbonyl (C=O) groups is 1. The van der Waals surface area contributed by atoms with Crippen molar-refractivity contribution in [3.8, 4) is 0 Å². The highest BCUT2D eigenvalue weighted by molar-refractivity contribution is 7.90. The summed E-state index contributed by atoms with van der Waals surface area (Å²) in [5, 5.41) is 0. The maximum Gasteiger partial charge on any atom is 0.340 e. The number of esters is 1. The second-order valence-electron chi connectivity index (χ2n) is 5.12. The maximum atomic E-state index is 14.0. The normalized spacial score (nSPS) is 16.4. The van der Waals surface area contributed by atoms with Crippen LogP contribution in [0, 0.1) is 5.82 Å². The van der Waals surface area contributed by atoms with Crippen LogP contribution in [0.5, 0.6) is 0 Å². The largest absolute Gasteiger partial charge is 0.465 e. The molecule has 1 aromatic carbocycles. The Kier molecular flexibility index (Phi) is 4.13. The molecule has 6 heteroatoms. The van der Waals surface area contributed by atoms with Crippen molar-refractivity contribution in [3.05, 3.63) is 29.1 Å². The van der Waals surface area contributed by atoms with Crippen molar-refractivity contribution in [2.45, 2.75) is 36.5 Å². The van der Waals surface area contributed by atoms with Gasteiger partial charge in [-0.05, 0) is 36.5 Å². The molecule has 110 valence electrons. The fourth-order valence-corrected chi connectivity index (χ4v) is 3.70. The van der Waals surface area contributed by atoms with E-state index in [0.29, 0.717) is 5.56 Å². The van der Waals surface area contributed by atoms with Crippen LogP contribution in [0.4, 0.5) is 4.39 Å². The molecule has 2 rings (SSSR count). The first-order chi connectivity index (χ1) is 9.34. The third-order valence-electron chi connectivity index (χ3n) is 3.70. The van der Waals surface area contributed by atoms with Crippen LogP contribution in [0.3, 0.4) is 0 Å². The van der Waals surface area contributed by atoms with Gasteiger partial charge in [0, 0.05) is 6.26 Å². The Hall–Kier alpha value is -1.43. The van der Waals surface area contributed by atoms with E-state index in [-0.39, 0.29) is 16.4 Å². The van der Waals surface area contributed by atoms with Crippen molar-refractivity contribution in [3.63, 3.8) is 0 Å². The molecule has 1 fully saturated rings. The van der Waals surface area contributed by atoms with Crippen molar-refractivity contribution in [2.75, 3.05) is 13.4 Å². The first-order valence-electron chi connectivity index (χ1n) is 6.46. The number of ether oxygens (including phenoxy) is 1. The van der Waals surface area contributed by atoms with E-state index in [9.17, 15) is 17.6 Å². The summed E-state index contributed by atoms with van der Waals surface area (Å²) < 4.78 is 42.3. The van der Waals surface area contributed by atoms with Crippen LogP contribution in [-0.2, 0) is 14.6 Å². The molecule has 4 nitrogen and oxygen atoms in total. The average Bonchev–Trinajstić information content (AvgIpc) is 2.89. The molecule has 0 atom stereocenters. The minimum absolute atomic E-state index is 0.0335. The van der Waals surface area contributed by atoms with Crippen LogP contribution in [-0.4, -0.2) is 27.8 Å². The second-order valence-corrected chi connectivity index (χ2v) is 7.10. The van der Waals surface area contributed by atoms with Gasteiger partial charge >= 0.3 is 5.97 Å². The lowest BCUT2D eigenvalue weighted by Crippen LogP contribution is -2.11. The van der Waals surface area contributed by atoms with Gasteiger partial charge in [0.1, 0.15) is 5.82 Å². The Morgan fingerprint density at radius 3 is 2.40 bits per heavy atom. The molecule has 0 bridgehead atoms. The van der Waals surface area contributed by atoms with Crippen LogP contribution in [0.2, 0.25) is 0 Å². The highest BCUT2D eigenvalue weighted by atomic mass is 32.2. The molecular weight excluding hydrogens is 283 g/mol. The summed E-state index contributed by atoms with van der Waals surface area (Å²) in [5.74, 6) is -1.56. The Balaban J connectivity index is 2.62. The van der Waals surface area contributed by atoms with Crippen molar-refractivity contribution in [1.29, 1.82) is 0 Å². The number of carbonyl (C=O) groups excluding carboxylic acids is 1. The summed E-state index contributed by atoms with van der Waals surface area (Å²) in [6.45, 7) is 0. The summed E-state index contributed by atoms with van der Waals surface area (Å²) in [6.07, 6.45) is 4.78. The van der Waals surface area contributed by atoms with E-state index < -0.39 is 21.6 Å². The summed E-state index contributed by atoms with van der Waals surface area (Å²) in [7, 11) is -2.39. The SMILES string of the molecule is COC(=O)c1cc(S(C)(=O)=O)c(C2CCCC2)cc1F. The average molecular weight is 300 g/mol. The van der Waals surface area contributed by atoms with E-state index in [2.05, 4.69) is 4.74 Å². The molecule has 1 aromatic rings. The van der Waals surface area contributed by atoms with E-state index in [1.54, 1.807) is 0 Å². The van der Waals surface area contributed by atoms with E-state index in [4.69, 9.17) is 0 Å². The van der Waals surface area contributed by atoms with E-state index in [0.717, 1.165) is 45.1 Å². The Labute approximate surface area is 117 Å². The molecule has 1 aliphatic rings. The summed E-state index contributed by atoms with van der Waals surface area (Å²) in [5.41, 5.74) is 0.143. The number of hydrogen-bond acceptors (Lipinski definition) is 4. The monoisotopic (exact) mass is 300 g/mol. The van der Waals surface area contributed by atoms with Gasteiger partial charge in [0.2, 0.25) is 0 Å². The third kappa shape index (κ3) is 2.85. The zero-order chi connectivity index (χ0) is 14.9. The van der Waals surface area contributed by atoms with Crippen LogP contribution >= 0.6 is 0 Å². The van der Waals surface area contributed by atoms with Gasteiger partial charge in [0.25, 0.3) is 0 Å². The first-order valence-corrected chi connectivity index (χ1v) is 8.35. The van der Waals surface area contributed by atoms with Gasteiger partial charge in [-0.25, -0.2) is 17.6 Å². The maximum absolute atomic E-state index is 14.0. The van der Waals surface area contributed by atoms with Gasteiger partial charge in [-0.1, -0.05) is 12.8 Å². The number of benzene rings is 1. The molecule has 0 saturated heterocycles. The molecule has 0 aliphatic heterocycles. The van der Waals surface area contributed by atoms with Crippen LogP contribution in [0.1, 0.15) is 47.5 Å². The number of rotatable bonds is 3. The smallest absolute Gasteiger partial charge is 0.340 e. The van der Waals surface area contributed by atoms with Gasteiger partial charge in [-0.15, -0.1) is 0 Å². The van der Waals surface area contributed by atoms with Crippen LogP contribution < -0.4 is 0 Å². The van der Waals surface area contributed by atoms with Gasteiger partial charge in [-0.2, -0.15) is 0 Å². The topological polar surface area (TPSA) is 60.4 Å². The second kappa shape index (κ2) is 5.52. The summed E-state index contributed by atoms with van der Waals surface area (Å²) in [4.78, 5) is 11.5. The fraction of sp³-hybridized carbons (Fsp3) is 0.500. The predicted octanol–water partition coefficient (Wildman–Crippen LogP) is 2.67. The standard InChI is InChI=1S/C14H17FO4S/c1-19-14(16)11-8-13(20(2,17)18)10(7-12(11)15)9-5-3-4-6-9/h7-9H,3-6H2,1-2H3. The van der Waals surface area contributed by atoms with E-state index in [1.165, 1.54) is 6.07 Å². The molecule has 0 aromatic heterocycles. The summed E-state index contributed by atoms with van der Waals surface area (Å²) in [6, 6.07) is 2.28. The lowest BCUT2D eigenvalue weighted by Gasteiger charge is -2.16. The molecule has 1 aliphatic carbocycles. The highest BCUT2D eigenvalue weighted by Gasteiger charge is 2.27. The van der Waals surface area contributed by atoms with Crippen molar-refractivity contribution >= 4 is 15.8 Å². The van der Waals surface area contributed by atoms with E-state index in [1.807, 2.05) is 0 Å². The van der Waals surface area contributed by atoms with Gasteiger partial charge in [0.05, 0.1) is 17.6 Å². The lowest BCUT2D eigenvalue weighted by atomic mass is 9.96. The summed E-state index contributed by atoms with van der Waals surface area (Å²) >= 11 is 0. The molecule has 1 saturated carbocycles. The zero-order valence-corrected chi connectivity index (χ0v) is 12.3. The molecule has 0 amide bonds. The quantitative estimate of drug-likeness (QED) is 0.636. The number of hydrogen-bond donors (Lipinski definition) is 0. The predicted molar refractivity (Wildman–Crippen MR) is 72.1 cm³/mol. The van der Waals surface area contributed by atoms with Gasteiger partial charge in [0.15, 0.2) is 9.84 Å². The van der Waals surface area contributed by atoms with Crippen LogP contribution in [0.15, 0.2) is 17.0 Å². The highest BCUT2D eigenvalue weighted by Crippen LogP contribution is 2.38. The lowest BCUT2D eigenvalue weighted by molar-refractivity contribution is 0.0595. The Morgan fingerprint density at radius 2 is 1.90 bits per heavy atom. The number of halogens is 1. The van der Waals surface area contributed by atoms with Crippen molar-refractivity contribution in [2.24, 2.45) is 0 Å². The van der Waals surface area contributed by atoms with Crippen molar-refractivity contribution in [1.82, 2.24) is 0 Å². The van der Waals surface area contributed by atoms with Crippen LogP contribution in [0.25, 0.3) is 0 Å². The zero-order valence-electron chi connectivity index (χ0n) is 11.5. The Bertz CT molecular complexity index is 631. The molecule has 0 spiro atoms. The molecule has 0 unspecified atom stereocenters. The van der Waals surface area contributed by atoms with E-state index >= 15 is 0 Å². The van der Waals surface area contributed by atoms with Crippen molar-refractivity contribution < 1.29 is 22.3 Å².